The molecule has 0 radical (unpaired) electrons. The lowest BCUT2D eigenvalue weighted by Gasteiger charge is -2.08. The van der Waals surface area contributed by atoms with Gasteiger partial charge in [-0.25, -0.2) is 4.79 Å². The van der Waals surface area contributed by atoms with Crippen molar-refractivity contribution >= 4 is 27.5 Å². The maximum atomic E-state index is 12.0. The summed E-state index contributed by atoms with van der Waals surface area (Å²) in [7, 11) is 0. The van der Waals surface area contributed by atoms with E-state index in [0.29, 0.717) is 5.56 Å². The molecule has 3 nitrogen and oxygen atoms in total. The predicted molar refractivity (Wildman–Crippen MR) is 78.8 cm³/mol. The molecule has 3 aromatic carbocycles. The lowest BCUT2D eigenvalue weighted by Crippen LogP contribution is -2.09. The Balaban J connectivity index is 2.17. The molecule has 3 heteroatoms. The van der Waals surface area contributed by atoms with Crippen molar-refractivity contribution in [2.24, 2.45) is 0 Å². The van der Waals surface area contributed by atoms with Crippen LogP contribution < -0.4 is 0 Å². The Kier molecular flexibility index (Phi) is 3.35. The molecule has 0 unspecified atom stereocenters. The van der Waals surface area contributed by atoms with Crippen LogP contribution in [0.3, 0.4) is 0 Å². The van der Waals surface area contributed by atoms with Crippen molar-refractivity contribution in [1.82, 2.24) is 0 Å². The van der Waals surface area contributed by atoms with Crippen molar-refractivity contribution in [3.63, 3.8) is 0 Å². The number of hydrogen-bond acceptors (Lipinski definition) is 3. The third-order valence-corrected chi connectivity index (χ3v) is 3.29. The third kappa shape index (κ3) is 2.24. The number of hydrogen-bond donors (Lipinski definition) is 1. The average molecular weight is 266 g/mol. The molecule has 20 heavy (non-hydrogen) atoms. The van der Waals surface area contributed by atoms with Crippen molar-refractivity contribution < 1.29 is 14.6 Å². The number of aliphatic hydroxyl groups excluding tert-OH is 1. The Hall–Kier alpha value is -2.39. The van der Waals surface area contributed by atoms with E-state index in [0.717, 1.165) is 21.5 Å². The van der Waals surface area contributed by atoms with Crippen LogP contribution in [-0.4, -0.2) is 24.3 Å². The molecule has 0 aliphatic carbocycles. The first-order valence-corrected chi connectivity index (χ1v) is 6.49. The molecule has 0 aliphatic rings. The number of ether oxygens (including phenoxy) is 1. The number of rotatable bonds is 3. The highest BCUT2D eigenvalue weighted by Gasteiger charge is 2.11. The summed E-state index contributed by atoms with van der Waals surface area (Å²) in [6, 6.07) is 17.7. The van der Waals surface area contributed by atoms with Gasteiger partial charge in [0.2, 0.25) is 0 Å². The quantitative estimate of drug-likeness (QED) is 0.585. The van der Waals surface area contributed by atoms with E-state index in [1.54, 1.807) is 6.07 Å². The van der Waals surface area contributed by atoms with E-state index in [9.17, 15) is 4.79 Å². The second-order valence-electron chi connectivity index (χ2n) is 4.59. The van der Waals surface area contributed by atoms with Crippen LogP contribution in [0.2, 0.25) is 0 Å². The predicted octanol–water partition coefficient (Wildman–Crippen LogP) is 3.14. The molecule has 3 rings (SSSR count). The summed E-state index contributed by atoms with van der Waals surface area (Å²) >= 11 is 0. The SMILES string of the molecule is O=C(OCCO)c1cccc2cc3ccccc3cc12. The number of benzene rings is 3. The van der Waals surface area contributed by atoms with Crippen LogP contribution in [0.5, 0.6) is 0 Å². The second kappa shape index (κ2) is 5.31. The summed E-state index contributed by atoms with van der Waals surface area (Å²) in [4.78, 5) is 12.0. The van der Waals surface area contributed by atoms with E-state index in [2.05, 4.69) is 6.07 Å². The normalized spacial score (nSPS) is 10.8. The standard InChI is InChI=1S/C17H14O3/c18-8-9-20-17(19)15-7-3-6-14-10-12-4-1-2-5-13(12)11-16(14)15/h1-7,10-11,18H,8-9H2. The van der Waals surface area contributed by atoms with Gasteiger partial charge in [0, 0.05) is 0 Å². The van der Waals surface area contributed by atoms with E-state index in [-0.39, 0.29) is 13.2 Å². The fourth-order valence-electron chi connectivity index (χ4n) is 2.36. The molecule has 0 fully saturated rings. The van der Waals surface area contributed by atoms with Gasteiger partial charge in [0.1, 0.15) is 6.61 Å². The first-order valence-electron chi connectivity index (χ1n) is 6.49. The van der Waals surface area contributed by atoms with E-state index in [1.807, 2.05) is 42.5 Å². The summed E-state index contributed by atoms with van der Waals surface area (Å²) in [5.74, 6) is -0.403. The second-order valence-corrected chi connectivity index (χ2v) is 4.59. The summed E-state index contributed by atoms with van der Waals surface area (Å²) in [5.41, 5.74) is 0.529. The Morgan fingerprint density at radius 2 is 1.65 bits per heavy atom. The Bertz CT molecular complexity index is 777. The first-order chi connectivity index (χ1) is 9.79. The number of fused-ring (bicyclic) bond motifs is 2. The highest BCUT2D eigenvalue weighted by atomic mass is 16.5. The lowest BCUT2D eigenvalue weighted by molar-refractivity contribution is 0.0436. The van der Waals surface area contributed by atoms with E-state index < -0.39 is 5.97 Å². The molecule has 0 saturated heterocycles. The van der Waals surface area contributed by atoms with Crippen molar-refractivity contribution in [2.75, 3.05) is 13.2 Å². The summed E-state index contributed by atoms with van der Waals surface area (Å²) in [6.45, 7) is -0.151. The lowest BCUT2D eigenvalue weighted by atomic mass is 10.00. The van der Waals surface area contributed by atoms with Crippen molar-refractivity contribution in [3.8, 4) is 0 Å². The van der Waals surface area contributed by atoms with Gasteiger partial charge in [-0.1, -0.05) is 36.4 Å². The third-order valence-electron chi connectivity index (χ3n) is 3.29. The molecule has 0 amide bonds. The molecule has 100 valence electrons. The van der Waals surface area contributed by atoms with Crippen LogP contribution in [0.1, 0.15) is 10.4 Å². The zero-order valence-corrected chi connectivity index (χ0v) is 10.9. The van der Waals surface area contributed by atoms with E-state index in [1.165, 1.54) is 0 Å². The average Bonchev–Trinajstić information content (AvgIpc) is 2.50. The van der Waals surface area contributed by atoms with Gasteiger partial charge in [0.25, 0.3) is 0 Å². The Morgan fingerprint density at radius 1 is 0.950 bits per heavy atom. The molecule has 1 N–H and O–H groups in total. The fraction of sp³-hybridized carbons (Fsp3) is 0.118. The summed E-state index contributed by atoms with van der Waals surface area (Å²) < 4.78 is 5.01. The van der Waals surface area contributed by atoms with Crippen molar-refractivity contribution in [2.45, 2.75) is 0 Å². The maximum absolute atomic E-state index is 12.0. The van der Waals surface area contributed by atoms with Gasteiger partial charge < -0.3 is 9.84 Å². The highest BCUT2D eigenvalue weighted by molar-refractivity contribution is 6.08. The van der Waals surface area contributed by atoms with Crippen molar-refractivity contribution in [3.05, 3.63) is 60.2 Å². The monoisotopic (exact) mass is 266 g/mol. The number of carbonyl (C=O) groups excluding carboxylic acids is 1. The molecule has 0 heterocycles. The van der Waals surface area contributed by atoms with Gasteiger partial charge in [-0.3, -0.25) is 0 Å². The summed E-state index contributed by atoms with van der Waals surface area (Å²) in [6.07, 6.45) is 0. The van der Waals surface area contributed by atoms with Gasteiger partial charge in [-0.15, -0.1) is 0 Å². The van der Waals surface area contributed by atoms with Crippen LogP contribution in [0.15, 0.2) is 54.6 Å². The minimum Gasteiger partial charge on any atom is -0.460 e. The zero-order chi connectivity index (χ0) is 13.9. The zero-order valence-electron chi connectivity index (χ0n) is 10.9. The largest absolute Gasteiger partial charge is 0.460 e. The molecule has 0 atom stereocenters. The highest BCUT2D eigenvalue weighted by Crippen LogP contribution is 2.25. The summed E-state index contributed by atoms with van der Waals surface area (Å²) in [5, 5.41) is 12.8. The van der Waals surface area contributed by atoms with Crippen LogP contribution >= 0.6 is 0 Å². The molecule has 0 aliphatic heterocycles. The molecular formula is C17H14O3. The van der Waals surface area contributed by atoms with Gasteiger partial charge >= 0.3 is 5.97 Å². The minimum absolute atomic E-state index is 0.0167. The Morgan fingerprint density at radius 3 is 2.40 bits per heavy atom. The van der Waals surface area contributed by atoms with Crippen molar-refractivity contribution in [1.29, 1.82) is 0 Å². The number of esters is 1. The first kappa shape index (κ1) is 12.6. The number of aliphatic hydroxyl groups is 1. The Labute approximate surface area is 116 Å². The van der Waals surface area contributed by atoms with Gasteiger partial charge in [0.15, 0.2) is 0 Å². The smallest absolute Gasteiger partial charge is 0.338 e. The molecule has 3 aromatic rings. The molecular weight excluding hydrogens is 252 g/mol. The minimum atomic E-state index is -0.403. The maximum Gasteiger partial charge on any atom is 0.338 e. The molecule has 0 spiro atoms. The van der Waals surface area contributed by atoms with E-state index >= 15 is 0 Å². The fourth-order valence-corrected chi connectivity index (χ4v) is 2.36. The topological polar surface area (TPSA) is 46.5 Å². The molecule has 0 saturated carbocycles. The van der Waals surface area contributed by atoms with Gasteiger partial charge in [0.05, 0.1) is 12.2 Å². The molecule has 0 bridgehead atoms. The number of carbonyl (C=O) groups is 1. The van der Waals surface area contributed by atoms with Crippen LogP contribution in [-0.2, 0) is 4.74 Å². The van der Waals surface area contributed by atoms with Crippen LogP contribution in [0.25, 0.3) is 21.5 Å². The van der Waals surface area contributed by atoms with Crippen LogP contribution in [0.4, 0.5) is 0 Å². The van der Waals surface area contributed by atoms with Gasteiger partial charge in [-0.2, -0.15) is 0 Å². The van der Waals surface area contributed by atoms with Gasteiger partial charge in [-0.05, 0) is 39.7 Å². The van der Waals surface area contributed by atoms with E-state index in [4.69, 9.17) is 9.84 Å². The molecule has 0 aromatic heterocycles. The van der Waals surface area contributed by atoms with Crippen LogP contribution in [0, 0.1) is 0 Å².